The summed E-state index contributed by atoms with van der Waals surface area (Å²) < 4.78 is 0. The average Bonchev–Trinajstić information content (AvgIpc) is 3.55. The van der Waals surface area contributed by atoms with Crippen molar-refractivity contribution in [2.45, 2.75) is 12.3 Å². The third-order valence-corrected chi connectivity index (χ3v) is 11.5. The maximum atomic E-state index is 2.48. The van der Waals surface area contributed by atoms with Gasteiger partial charge in [-0.3, -0.25) is 0 Å². The van der Waals surface area contributed by atoms with E-state index in [-0.39, 0.29) is 0 Å². The number of aryl methyl sites for hydroxylation is 1. The van der Waals surface area contributed by atoms with E-state index in [1.54, 1.807) is 0 Å². The van der Waals surface area contributed by atoms with E-state index < -0.39 is 5.41 Å². The molecule has 1 heteroatoms. The van der Waals surface area contributed by atoms with Gasteiger partial charge < -0.3 is 4.90 Å². The first-order chi connectivity index (χ1) is 27.2. The largest absolute Gasteiger partial charge is 0.310 e. The molecule has 0 unspecified atom stereocenters. The highest BCUT2D eigenvalue weighted by atomic mass is 15.1. The molecule has 0 saturated heterocycles. The summed E-state index contributed by atoms with van der Waals surface area (Å²) in [6.07, 6.45) is 0. The van der Waals surface area contributed by atoms with Crippen LogP contribution in [0.1, 0.15) is 27.8 Å². The van der Waals surface area contributed by atoms with E-state index >= 15 is 0 Å². The fraction of sp³-hybridized carbons (Fsp3) is 0.0370. The lowest BCUT2D eigenvalue weighted by Crippen LogP contribution is -2.28. The van der Waals surface area contributed by atoms with Crippen LogP contribution in [-0.2, 0) is 5.41 Å². The van der Waals surface area contributed by atoms with Gasteiger partial charge in [0.15, 0.2) is 0 Å². The van der Waals surface area contributed by atoms with E-state index in [9.17, 15) is 0 Å². The molecule has 0 fully saturated rings. The molecular formula is C54H39N. The quantitative estimate of drug-likeness (QED) is 0.160. The SMILES string of the molecule is Cc1ccccc1-c1c(N(c2ccc(-c3ccccc3)cc2)c2ccc3c(c2)C(c2ccccc2)(c2ccccc2)c2ccccc2-3)ccc2ccccc12. The highest BCUT2D eigenvalue weighted by Crippen LogP contribution is 2.57. The smallest absolute Gasteiger partial charge is 0.0714 e. The normalized spacial score (nSPS) is 12.6. The Morgan fingerprint density at radius 3 is 1.64 bits per heavy atom. The second-order valence-corrected chi connectivity index (χ2v) is 14.5. The lowest BCUT2D eigenvalue weighted by atomic mass is 9.67. The molecular weight excluding hydrogens is 663 g/mol. The number of hydrogen-bond acceptors (Lipinski definition) is 1. The molecule has 0 bridgehead atoms. The molecule has 0 radical (unpaired) electrons. The molecule has 10 rings (SSSR count). The monoisotopic (exact) mass is 701 g/mol. The molecule has 9 aromatic rings. The number of anilines is 3. The van der Waals surface area contributed by atoms with E-state index in [1.807, 2.05) is 0 Å². The number of benzene rings is 9. The Kier molecular flexibility index (Phi) is 8.00. The van der Waals surface area contributed by atoms with Gasteiger partial charge in [0.1, 0.15) is 0 Å². The first kappa shape index (κ1) is 32.7. The number of nitrogens with zero attached hydrogens (tertiary/aromatic N) is 1. The summed E-state index contributed by atoms with van der Waals surface area (Å²) in [7, 11) is 0. The summed E-state index contributed by atoms with van der Waals surface area (Å²) in [4.78, 5) is 2.48. The molecule has 1 aliphatic carbocycles. The summed E-state index contributed by atoms with van der Waals surface area (Å²) in [5, 5.41) is 2.46. The zero-order valence-corrected chi connectivity index (χ0v) is 30.7. The number of fused-ring (bicyclic) bond motifs is 4. The zero-order valence-electron chi connectivity index (χ0n) is 30.7. The average molecular weight is 702 g/mol. The molecule has 0 aromatic heterocycles. The van der Waals surface area contributed by atoms with Crippen LogP contribution in [-0.4, -0.2) is 0 Å². The topological polar surface area (TPSA) is 3.24 Å². The van der Waals surface area contributed by atoms with Crippen molar-refractivity contribution < 1.29 is 0 Å². The van der Waals surface area contributed by atoms with Gasteiger partial charge in [-0.05, 0) is 104 Å². The molecule has 55 heavy (non-hydrogen) atoms. The van der Waals surface area contributed by atoms with Crippen molar-refractivity contribution in [3.8, 4) is 33.4 Å². The van der Waals surface area contributed by atoms with E-state index in [4.69, 9.17) is 0 Å². The van der Waals surface area contributed by atoms with Gasteiger partial charge in [-0.2, -0.15) is 0 Å². The van der Waals surface area contributed by atoms with Gasteiger partial charge in [-0.15, -0.1) is 0 Å². The Morgan fingerprint density at radius 1 is 0.382 bits per heavy atom. The maximum Gasteiger partial charge on any atom is 0.0714 e. The number of hydrogen-bond donors (Lipinski definition) is 0. The minimum absolute atomic E-state index is 0.504. The first-order valence-corrected chi connectivity index (χ1v) is 19.1. The Balaban J connectivity index is 1.28. The summed E-state index contributed by atoms with van der Waals surface area (Å²) in [5.41, 5.74) is 16.6. The van der Waals surface area contributed by atoms with Gasteiger partial charge in [0, 0.05) is 16.9 Å². The molecule has 0 aliphatic heterocycles. The second kappa shape index (κ2) is 13.5. The van der Waals surface area contributed by atoms with Crippen LogP contribution in [0.4, 0.5) is 17.1 Å². The predicted octanol–water partition coefficient (Wildman–Crippen LogP) is 14.3. The van der Waals surface area contributed by atoms with Gasteiger partial charge in [-0.1, -0.05) is 188 Å². The van der Waals surface area contributed by atoms with Crippen molar-refractivity contribution >= 4 is 27.8 Å². The highest BCUT2D eigenvalue weighted by Gasteiger charge is 2.46. The summed E-state index contributed by atoms with van der Waals surface area (Å²) in [5.74, 6) is 0. The second-order valence-electron chi connectivity index (χ2n) is 14.5. The fourth-order valence-corrected chi connectivity index (χ4v) is 9.02. The van der Waals surface area contributed by atoms with Crippen LogP contribution >= 0.6 is 0 Å². The summed E-state index contributed by atoms with van der Waals surface area (Å²) >= 11 is 0. The number of rotatable bonds is 7. The van der Waals surface area contributed by atoms with Crippen LogP contribution in [0.15, 0.2) is 218 Å². The molecule has 0 atom stereocenters. The van der Waals surface area contributed by atoms with Crippen molar-refractivity contribution in [1.82, 2.24) is 0 Å². The van der Waals surface area contributed by atoms with Crippen LogP contribution in [0.25, 0.3) is 44.2 Å². The fourth-order valence-electron chi connectivity index (χ4n) is 9.02. The Labute approximate surface area is 323 Å². The first-order valence-electron chi connectivity index (χ1n) is 19.1. The molecule has 9 aromatic carbocycles. The molecule has 0 spiro atoms. The molecule has 260 valence electrons. The summed E-state index contributed by atoms with van der Waals surface area (Å²) in [6.45, 7) is 2.22. The van der Waals surface area contributed by atoms with Crippen molar-refractivity contribution in [3.63, 3.8) is 0 Å². The molecule has 0 amide bonds. The van der Waals surface area contributed by atoms with Gasteiger partial charge in [0.25, 0.3) is 0 Å². The van der Waals surface area contributed by atoms with Crippen molar-refractivity contribution in [2.24, 2.45) is 0 Å². The molecule has 0 saturated carbocycles. The third-order valence-electron chi connectivity index (χ3n) is 11.5. The van der Waals surface area contributed by atoms with Crippen LogP contribution in [0.3, 0.4) is 0 Å². The Bertz CT molecular complexity index is 2760. The Hall–Kier alpha value is -6.96. The van der Waals surface area contributed by atoms with Crippen LogP contribution in [0.2, 0.25) is 0 Å². The molecule has 0 heterocycles. The summed E-state index contributed by atoms with van der Waals surface area (Å²) in [6, 6.07) is 80.1. The van der Waals surface area contributed by atoms with Crippen molar-refractivity contribution in [2.75, 3.05) is 4.90 Å². The van der Waals surface area contributed by atoms with Gasteiger partial charge >= 0.3 is 0 Å². The van der Waals surface area contributed by atoms with Crippen molar-refractivity contribution in [1.29, 1.82) is 0 Å². The van der Waals surface area contributed by atoms with Gasteiger partial charge in [0.2, 0.25) is 0 Å². The lowest BCUT2D eigenvalue weighted by Gasteiger charge is -2.35. The van der Waals surface area contributed by atoms with Gasteiger partial charge in [0.05, 0.1) is 11.1 Å². The molecule has 0 N–H and O–H groups in total. The predicted molar refractivity (Wildman–Crippen MR) is 232 cm³/mol. The van der Waals surface area contributed by atoms with E-state index in [2.05, 4.69) is 230 Å². The van der Waals surface area contributed by atoms with Crippen molar-refractivity contribution in [3.05, 3.63) is 246 Å². The van der Waals surface area contributed by atoms with Crippen LogP contribution in [0.5, 0.6) is 0 Å². The standard InChI is InChI=1S/C54H39N/c1-38-17-11-13-25-46(38)53-47-26-14-12-20-41(47)31-36-52(53)55(44-32-29-40(30-33-44)39-18-5-2-6-19-39)45-34-35-49-48-27-15-16-28-50(48)54(51(49)37-45,42-21-7-3-8-22-42)43-23-9-4-10-24-43/h2-37H,1H3. The zero-order chi connectivity index (χ0) is 36.8. The Morgan fingerprint density at radius 2 is 0.927 bits per heavy atom. The lowest BCUT2D eigenvalue weighted by molar-refractivity contribution is 0.768. The van der Waals surface area contributed by atoms with Gasteiger partial charge in [-0.25, -0.2) is 0 Å². The van der Waals surface area contributed by atoms with E-state index in [0.717, 1.165) is 17.1 Å². The van der Waals surface area contributed by atoms with E-state index in [0.29, 0.717) is 0 Å². The minimum Gasteiger partial charge on any atom is -0.310 e. The van der Waals surface area contributed by atoms with Crippen LogP contribution < -0.4 is 4.90 Å². The highest BCUT2D eigenvalue weighted by molar-refractivity contribution is 6.06. The van der Waals surface area contributed by atoms with E-state index in [1.165, 1.54) is 72.0 Å². The molecule has 1 nitrogen and oxygen atoms in total. The van der Waals surface area contributed by atoms with Crippen LogP contribution in [0, 0.1) is 6.92 Å². The third kappa shape index (κ3) is 5.31. The minimum atomic E-state index is -0.504. The molecule has 1 aliphatic rings. The maximum absolute atomic E-state index is 2.48.